The van der Waals surface area contributed by atoms with E-state index < -0.39 is 5.60 Å². The van der Waals surface area contributed by atoms with Crippen molar-refractivity contribution in [1.82, 2.24) is 0 Å². The van der Waals surface area contributed by atoms with Gasteiger partial charge < -0.3 is 15.2 Å². The molecule has 0 spiro atoms. The van der Waals surface area contributed by atoms with Crippen LogP contribution in [0.3, 0.4) is 0 Å². The van der Waals surface area contributed by atoms with Gasteiger partial charge in [0.2, 0.25) is 0 Å². The van der Waals surface area contributed by atoms with Crippen LogP contribution in [0.5, 0.6) is 0 Å². The quantitative estimate of drug-likeness (QED) is 0.619. The number of aryl methyl sites for hydroxylation is 1. The van der Waals surface area contributed by atoms with E-state index in [9.17, 15) is 9.90 Å². The third kappa shape index (κ3) is 4.75. The van der Waals surface area contributed by atoms with Gasteiger partial charge in [0.25, 0.3) is 0 Å². The van der Waals surface area contributed by atoms with Crippen molar-refractivity contribution in [2.24, 2.45) is 0 Å². The highest BCUT2D eigenvalue weighted by atomic mass is 16.6. The molecule has 148 valence electrons. The molecule has 0 amide bonds. The van der Waals surface area contributed by atoms with Crippen LogP contribution in [0.1, 0.15) is 43.7 Å². The van der Waals surface area contributed by atoms with Crippen molar-refractivity contribution in [2.45, 2.75) is 51.0 Å². The number of ether oxygens (including phenoxy) is 1. The fourth-order valence-corrected chi connectivity index (χ4v) is 3.92. The van der Waals surface area contributed by atoms with Gasteiger partial charge in [0, 0.05) is 25.6 Å². The van der Waals surface area contributed by atoms with Crippen LogP contribution in [0.15, 0.2) is 65.9 Å². The monoisotopic (exact) mass is 379 g/mol. The molecule has 2 N–H and O–H groups in total. The third-order valence-electron chi connectivity index (χ3n) is 5.41. The standard InChI is InChI=1S/C24H29NO3/c1-3-13-24(14-12-18-8-5-4-6-9-18)17-22(26)21(23(27)28-24)16-19-10-7-11-20(15-19)25-2/h4-11,15,25-26H,3,12-14,16-17H2,1-2H3/t24-/m1/s1. The number of hydrogen-bond donors (Lipinski definition) is 2. The average molecular weight is 380 g/mol. The molecular weight excluding hydrogens is 350 g/mol. The number of aliphatic hydroxyl groups is 1. The van der Waals surface area contributed by atoms with Gasteiger partial charge in [-0.15, -0.1) is 0 Å². The second-order valence-electron chi connectivity index (χ2n) is 7.54. The maximum absolute atomic E-state index is 12.8. The van der Waals surface area contributed by atoms with E-state index in [0.717, 1.165) is 30.5 Å². The second kappa shape index (κ2) is 8.96. The van der Waals surface area contributed by atoms with E-state index in [1.165, 1.54) is 5.56 Å². The molecule has 0 saturated heterocycles. The number of anilines is 1. The van der Waals surface area contributed by atoms with E-state index in [-0.39, 0.29) is 11.7 Å². The molecule has 0 saturated carbocycles. The molecule has 1 aliphatic rings. The highest BCUT2D eigenvalue weighted by molar-refractivity contribution is 5.90. The molecule has 0 bridgehead atoms. The fraction of sp³-hybridized carbons (Fsp3) is 0.375. The normalized spacial score (nSPS) is 19.4. The molecule has 4 nitrogen and oxygen atoms in total. The molecule has 1 atom stereocenters. The van der Waals surface area contributed by atoms with Gasteiger partial charge in [-0.1, -0.05) is 55.8 Å². The Labute approximate surface area is 167 Å². The van der Waals surface area contributed by atoms with Gasteiger partial charge in [-0.2, -0.15) is 0 Å². The topological polar surface area (TPSA) is 58.6 Å². The summed E-state index contributed by atoms with van der Waals surface area (Å²) in [5, 5.41) is 13.8. The van der Waals surface area contributed by atoms with E-state index >= 15 is 0 Å². The van der Waals surface area contributed by atoms with E-state index in [1.54, 1.807) is 0 Å². The summed E-state index contributed by atoms with van der Waals surface area (Å²) in [5.74, 6) is -0.215. The van der Waals surface area contributed by atoms with Crippen molar-refractivity contribution in [3.05, 3.63) is 77.1 Å². The average Bonchev–Trinajstić information content (AvgIpc) is 2.70. The summed E-state index contributed by atoms with van der Waals surface area (Å²) >= 11 is 0. The van der Waals surface area contributed by atoms with Gasteiger partial charge in [0.15, 0.2) is 0 Å². The van der Waals surface area contributed by atoms with Crippen LogP contribution in [-0.4, -0.2) is 23.7 Å². The summed E-state index contributed by atoms with van der Waals surface area (Å²) in [6.07, 6.45) is 3.94. The molecule has 0 radical (unpaired) electrons. The van der Waals surface area contributed by atoms with Crippen molar-refractivity contribution in [1.29, 1.82) is 0 Å². The van der Waals surface area contributed by atoms with Crippen LogP contribution in [0.25, 0.3) is 0 Å². The van der Waals surface area contributed by atoms with Crippen LogP contribution >= 0.6 is 0 Å². The molecule has 1 heterocycles. The number of rotatable bonds is 8. The van der Waals surface area contributed by atoms with Gasteiger partial charge >= 0.3 is 5.97 Å². The minimum Gasteiger partial charge on any atom is -0.512 e. The number of carbonyl (C=O) groups excluding carboxylic acids is 1. The fourth-order valence-electron chi connectivity index (χ4n) is 3.92. The van der Waals surface area contributed by atoms with Crippen molar-refractivity contribution >= 4 is 11.7 Å². The summed E-state index contributed by atoms with van der Waals surface area (Å²) < 4.78 is 5.98. The number of carbonyl (C=O) groups is 1. The largest absolute Gasteiger partial charge is 0.512 e. The lowest BCUT2D eigenvalue weighted by atomic mass is 9.83. The molecule has 0 unspecified atom stereocenters. The molecule has 0 aromatic heterocycles. The Hall–Kier alpha value is -2.75. The predicted molar refractivity (Wildman–Crippen MR) is 112 cm³/mol. The number of cyclic esters (lactones) is 1. The second-order valence-corrected chi connectivity index (χ2v) is 7.54. The van der Waals surface area contributed by atoms with Crippen LogP contribution in [0.2, 0.25) is 0 Å². The molecule has 28 heavy (non-hydrogen) atoms. The smallest absolute Gasteiger partial charge is 0.338 e. The van der Waals surface area contributed by atoms with Crippen molar-refractivity contribution in [2.75, 3.05) is 12.4 Å². The lowest BCUT2D eigenvalue weighted by Crippen LogP contribution is -2.41. The van der Waals surface area contributed by atoms with Gasteiger partial charge in [0.05, 0.1) is 5.57 Å². The number of aliphatic hydroxyl groups excluding tert-OH is 1. The number of hydrogen-bond acceptors (Lipinski definition) is 4. The Bertz CT molecular complexity index is 844. The molecule has 1 aliphatic heterocycles. The van der Waals surface area contributed by atoms with E-state index in [1.807, 2.05) is 49.5 Å². The maximum Gasteiger partial charge on any atom is 0.338 e. The van der Waals surface area contributed by atoms with Gasteiger partial charge in [-0.05, 0) is 42.5 Å². The first kappa shape index (κ1) is 20.0. The number of nitrogens with one attached hydrogen (secondary N) is 1. The molecule has 0 aliphatic carbocycles. The minimum atomic E-state index is -0.623. The van der Waals surface area contributed by atoms with Gasteiger partial charge in [-0.25, -0.2) is 4.79 Å². The molecule has 2 aromatic rings. The first-order valence-corrected chi connectivity index (χ1v) is 10.0. The first-order valence-electron chi connectivity index (χ1n) is 10.0. The zero-order chi connectivity index (χ0) is 20.0. The summed E-state index contributed by atoms with van der Waals surface area (Å²) in [7, 11) is 1.86. The molecule has 0 fully saturated rings. The summed E-state index contributed by atoms with van der Waals surface area (Å²) in [4.78, 5) is 12.8. The van der Waals surface area contributed by atoms with E-state index in [2.05, 4.69) is 24.4 Å². The van der Waals surface area contributed by atoms with Crippen molar-refractivity contribution in [3.63, 3.8) is 0 Å². The Balaban J connectivity index is 1.78. The predicted octanol–water partition coefficient (Wildman–Crippen LogP) is 5.20. The Morgan fingerprint density at radius 2 is 1.82 bits per heavy atom. The van der Waals surface area contributed by atoms with E-state index in [4.69, 9.17) is 4.74 Å². The lowest BCUT2D eigenvalue weighted by molar-refractivity contribution is -0.160. The van der Waals surface area contributed by atoms with Crippen molar-refractivity contribution in [3.8, 4) is 0 Å². The Kier molecular flexibility index (Phi) is 6.40. The number of esters is 1. The van der Waals surface area contributed by atoms with Crippen LogP contribution < -0.4 is 5.32 Å². The summed E-state index contributed by atoms with van der Waals surface area (Å²) in [6, 6.07) is 18.0. The molecule has 4 heteroatoms. The summed E-state index contributed by atoms with van der Waals surface area (Å²) in [5.41, 5.74) is 2.91. The third-order valence-corrected chi connectivity index (χ3v) is 5.41. The zero-order valence-electron chi connectivity index (χ0n) is 16.7. The van der Waals surface area contributed by atoms with E-state index in [0.29, 0.717) is 24.8 Å². The maximum atomic E-state index is 12.8. The highest BCUT2D eigenvalue weighted by Crippen LogP contribution is 2.37. The summed E-state index contributed by atoms with van der Waals surface area (Å²) in [6.45, 7) is 2.08. The lowest BCUT2D eigenvalue weighted by Gasteiger charge is -2.37. The Morgan fingerprint density at radius 3 is 2.50 bits per heavy atom. The number of benzene rings is 2. The van der Waals surface area contributed by atoms with Gasteiger partial charge in [-0.3, -0.25) is 0 Å². The van der Waals surface area contributed by atoms with Crippen LogP contribution in [-0.2, 0) is 22.4 Å². The van der Waals surface area contributed by atoms with Gasteiger partial charge in [0.1, 0.15) is 11.4 Å². The molecule has 2 aromatic carbocycles. The minimum absolute atomic E-state index is 0.174. The molecular formula is C24H29NO3. The SMILES string of the molecule is CCC[C@@]1(CCc2ccccc2)CC(O)=C(Cc2cccc(NC)c2)C(=O)O1. The van der Waals surface area contributed by atoms with Crippen LogP contribution in [0, 0.1) is 0 Å². The Morgan fingerprint density at radius 1 is 1.07 bits per heavy atom. The van der Waals surface area contributed by atoms with Crippen molar-refractivity contribution < 1.29 is 14.6 Å². The highest BCUT2D eigenvalue weighted by Gasteiger charge is 2.40. The zero-order valence-corrected chi connectivity index (χ0v) is 16.7. The first-order chi connectivity index (χ1) is 13.5. The van der Waals surface area contributed by atoms with Crippen LogP contribution in [0.4, 0.5) is 5.69 Å². The molecule has 3 rings (SSSR count).